The average molecular weight is 322 g/mol. The molecule has 1 N–H and O–H groups in total. The molecule has 0 bridgehead atoms. The lowest BCUT2D eigenvalue weighted by molar-refractivity contribution is 0.175. The molecule has 1 aliphatic carbocycles. The van der Waals surface area contributed by atoms with E-state index in [-0.39, 0.29) is 10.8 Å². The Balaban J connectivity index is 1.45. The third kappa shape index (κ3) is 2.57. The van der Waals surface area contributed by atoms with Crippen LogP contribution in [0.4, 0.5) is 0 Å². The van der Waals surface area contributed by atoms with Gasteiger partial charge in [-0.2, -0.15) is 0 Å². The number of methoxy groups -OCH3 is 1. The normalized spacial score (nSPS) is 18.7. The minimum absolute atomic E-state index is 0.0626. The first-order valence-corrected chi connectivity index (χ1v) is 8.47. The van der Waals surface area contributed by atoms with Gasteiger partial charge in [0.2, 0.25) is 5.43 Å². The lowest BCUT2D eigenvalue weighted by Crippen LogP contribution is -2.40. The Morgan fingerprint density at radius 1 is 1.25 bits per heavy atom. The molecule has 1 aromatic carbocycles. The number of hydrogen-bond acceptors (Lipinski definition) is 3. The van der Waals surface area contributed by atoms with Gasteiger partial charge in [0, 0.05) is 29.9 Å². The molecule has 1 aliphatic heterocycles. The van der Waals surface area contributed by atoms with Gasteiger partial charge >= 0.3 is 0 Å². The number of pyridine rings is 1. The van der Waals surface area contributed by atoms with Gasteiger partial charge in [0.1, 0.15) is 0 Å². The minimum atomic E-state index is -0.0626. The highest BCUT2D eigenvalue weighted by molar-refractivity contribution is 5.65. The van der Waals surface area contributed by atoms with E-state index in [1.807, 2.05) is 0 Å². The Morgan fingerprint density at radius 2 is 2.04 bits per heavy atom. The summed E-state index contributed by atoms with van der Waals surface area (Å²) in [4.78, 5) is 17.5. The zero-order valence-electron chi connectivity index (χ0n) is 13.9. The summed E-state index contributed by atoms with van der Waals surface area (Å²) < 4.78 is 5.02. The molecule has 124 valence electrons. The molecule has 0 amide bonds. The fraction of sp³-hybridized carbons (Fsp3) is 0.350. The number of piperidine rings is 1. The predicted octanol–water partition coefficient (Wildman–Crippen LogP) is 2.94. The van der Waals surface area contributed by atoms with Crippen molar-refractivity contribution in [3.63, 3.8) is 0 Å². The number of allylic oxidation sites excluding steroid dienone is 1. The van der Waals surface area contributed by atoms with Gasteiger partial charge in [-0.3, -0.25) is 9.69 Å². The number of aromatic nitrogens is 1. The predicted molar refractivity (Wildman–Crippen MR) is 95.3 cm³/mol. The monoisotopic (exact) mass is 322 g/mol. The first kappa shape index (κ1) is 15.2. The largest absolute Gasteiger partial charge is 0.491 e. The van der Waals surface area contributed by atoms with Gasteiger partial charge in [-0.1, -0.05) is 36.4 Å². The van der Waals surface area contributed by atoms with E-state index in [4.69, 9.17) is 4.74 Å². The third-order valence-electron chi connectivity index (χ3n) is 5.38. The highest BCUT2D eigenvalue weighted by atomic mass is 16.5. The Morgan fingerprint density at radius 3 is 2.79 bits per heavy atom. The van der Waals surface area contributed by atoms with E-state index in [1.54, 1.807) is 12.3 Å². The Kier molecular flexibility index (Phi) is 3.77. The van der Waals surface area contributed by atoms with Crippen LogP contribution in [0.15, 0.2) is 47.4 Å². The van der Waals surface area contributed by atoms with Crippen molar-refractivity contribution in [1.29, 1.82) is 0 Å². The van der Waals surface area contributed by atoms with Gasteiger partial charge in [-0.25, -0.2) is 0 Å². The maximum atomic E-state index is 11.9. The summed E-state index contributed by atoms with van der Waals surface area (Å²) in [6.07, 6.45) is 8.57. The van der Waals surface area contributed by atoms with Crippen LogP contribution in [0.5, 0.6) is 5.75 Å². The number of benzene rings is 1. The maximum absolute atomic E-state index is 11.9. The quantitative estimate of drug-likeness (QED) is 0.945. The molecule has 1 spiro atoms. The first-order valence-electron chi connectivity index (χ1n) is 8.47. The summed E-state index contributed by atoms with van der Waals surface area (Å²) in [6.45, 7) is 2.85. The number of rotatable bonds is 3. The first-order chi connectivity index (χ1) is 11.7. The van der Waals surface area contributed by atoms with Gasteiger partial charge in [0.15, 0.2) is 5.75 Å². The average Bonchev–Trinajstić information content (AvgIpc) is 2.96. The molecule has 2 aliphatic rings. The number of hydrogen-bond donors (Lipinski definition) is 1. The summed E-state index contributed by atoms with van der Waals surface area (Å²) >= 11 is 0. The Hall–Kier alpha value is -2.33. The van der Waals surface area contributed by atoms with Crippen molar-refractivity contribution in [2.75, 3.05) is 20.2 Å². The molecular formula is C20H22N2O2. The number of nitrogens with zero attached hydrogens (tertiary/aromatic N) is 1. The van der Waals surface area contributed by atoms with Crippen LogP contribution in [-0.2, 0) is 12.0 Å². The highest BCUT2D eigenvalue weighted by Gasteiger charge is 2.37. The van der Waals surface area contributed by atoms with E-state index < -0.39 is 0 Å². The minimum Gasteiger partial charge on any atom is -0.491 e. The van der Waals surface area contributed by atoms with Gasteiger partial charge in [0.25, 0.3) is 0 Å². The zero-order valence-corrected chi connectivity index (χ0v) is 13.9. The van der Waals surface area contributed by atoms with Crippen molar-refractivity contribution in [1.82, 2.24) is 9.88 Å². The van der Waals surface area contributed by atoms with Crippen LogP contribution in [-0.4, -0.2) is 30.1 Å². The molecule has 1 saturated heterocycles. The number of fused-ring (bicyclic) bond motifs is 2. The van der Waals surface area contributed by atoms with Gasteiger partial charge in [-0.05, 0) is 37.1 Å². The lowest BCUT2D eigenvalue weighted by atomic mass is 9.74. The van der Waals surface area contributed by atoms with E-state index in [1.165, 1.54) is 18.2 Å². The van der Waals surface area contributed by atoms with E-state index >= 15 is 0 Å². The molecule has 0 radical (unpaired) electrons. The zero-order chi connectivity index (χ0) is 16.6. The Labute approximate surface area is 141 Å². The summed E-state index contributed by atoms with van der Waals surface area (Å²) in [5.74, 6) is 0.365. The molecule has 4 rings (SSSR count). The van der Waals surface area contributed by atoms with Crippen molar-refractivity contribution in [2.45, 2.75) is 24.8 Å². The van der Waals surface area contributed by atoms with Gasteiger partial charge in [0.05, 0.1) is 7.11 Å². The van der Waals surface area contributed by atoms with Crippen molar-refractivity contribution >= 4 is 6.08 Å². The molecule has 4 nitrogen and oxygen atoms in total. The molecule has 1 fully saturated rings. The van der Waals surface area contributed by atoms with Crippen molar-refractivity contribution in [2.24, 2.45) is 0 Å². The molecule has 1 aromatic heterocycles. The summed E-state index contributed by atoms with van der Waals surface area (Å²) in [5, 5.41) is 0. The molecule has 2 aromatic rings. The van der Waals surface area contributed by atoms with E-state index in [9.17, 15) is 4.79 Å². The molecule has 24 heavy (non-hydrogen) atoms. The van der Waals surface area contributed by atoms with Crippen LogP contribution in [0.25, 0.3) is 6.08 Å². The van der Waals surface area contributed by atoms with E-state index in [2.05, 4.69) is 46.3 Å². The summed E-state index contributed by atoms with van der Waals surface area (Å²) in [6, 6.07) is 10.4. The second-order valence-electron chi connectivity index (χ2n) is 6.74. The van der Waals surface area contributed by atoms with Crippen LogP contribution in [0.3, 0.4) is 0 Å². The maximum Gasteiger partial charge on any atom is 0.223 e. The van der Waals surface area contributed by atoms with Crippen LogP contribution >= 0.6 is 0 Å². The smallest absolute Gasteiger partial charge is 0.223 e. The SMILES string of the molecule is COc1c[nH]c(CN2CCC3(C=Cc4ccccc43)CC2)cc1=O. The second-order valence-corrected chi connectivity index (χ2v) is 6.74. The van der Waals surface area contributed by atoms with E-state index in [0.717, 1.165) is 38.2 Å². The second kappa shape index (κ2) is 5.95. The third-order valence-corrected chi connectivity index (χ3v) is 5.38. The number of ether oxygens (including phenoxy) is 1. The molecule has 0 atom stereocenters. The Bertz CT molecular complexity index is 830. The molecule has 0 saturated carbocycles. The number of likely N-dealkylation sites (tertiary alicyclic amines) is 1. The van der Waals surface area contributed by atoms with Crippen molar-refractivity contribution in [3.8, 4) is 5.75 Å². The number of nitrogens with one attached hydrogen (secondary N) is 1. The fourth-order valence-corrected chi connectivity index (χ4v) is 3.97. The standard InChI is InChI=1S/C20H22N2O2/c1-24-19-13-21-16(12-18(19)23)14-22-10-8-20(9-11-22)7-6-15-4-2-3-5-17(15)20/h2-7,12-13H,8-11,14H2,1H3,(H,21,23). The highest BCUT2D eigenvalue weighted by Crippen LogP contribution is 2.43. The van der Waals surface area contributed by atoms with Crippen LogP contribution in [0.1, 0.15) is 29.7 Å². The molecule has 0 unspecified atom stereocenters. The number of aromatic amines is 1. The van der Waals surface area contributed by atoms with Crippen molar-refractivity contribution in [3.05, 3.63) is 69.6 Å². The topological polar surface area (TPSA) is 45.3 Å². The van der Waals surface area contributed by atoms with Gasteiger partial charge < -0.3 is 9.72 Å². The summed E-state index contributed by atoms with van der Waals surface area (Å²) in [7, 11) is 1.52. The summed E-state index contributed by atoms with van der Waals surface area (Å²) in [5.41, 5.74) is 3.93. The van der Waals surface area contributed by atoms with Crippen LogP contribution in [0.2, 0.25) is 0 Å². The molecule has 4 heteroatoms. The molecular weight excluding hydrogens is 300 g/mol. The van der Waals surface area contributed by atoms with Gasteiger partial charge in [-0.15, -0.1) is 0 Å². The van der Waals surface area contributed by atoms with Crippen LogP contribution < -0.4 is 10.2 Å². The van der Waals surface area contributed by atoms with Crippen molar-refractivity contribution < 1.29 is 4.74 Å². The molecule has 2 heterocycles. The lowest BCUT2D eigenvalue weighted by Gasteiger charge is -2.39. The van der Waals surface area contributed by atoms with Crippen LogP contribution in [0, 0.1) is 0 Å². The number of H-pyrrole nitrogens is 1. The fourth-order valence-electron chi connectivity index (χ4n) is 3.97. The van der Waals surface area contributed by atoms with E-state index in [0.29, 0.717) is 5.75 Å².